The van der Waals surface area contributed by atoms with Crippen molar-refractivity contribution in [3.8, 4) is 5.75 Å². The number of ether oxygens (including phenoxy) is 2. The summed E-state index contributed by atoms with van der Waals surface area (Å²) in [7, 11) is 0. The number of carbonyl (C=O) groups excluding carboxylic acids is 2. The van der Waals surface area contributed by atoms with Gasteiger partial charge in [0.2, 0.25) is 0 Å². The maximum atomic E-state index is 11.8. The van der Waals surface area contributed by atoms with Crippen LogP contribution in [0.15, 0.2) is 29.4 Å². The van der Waals surface area contributed by atoms with Gasteiger partial charge in [0, 0.05) is 5.71 Å². The van der Waals surface area contributed by atoms with Crippen molar-refractivity contribution >= 4 is 17.6 Å². The Morgan fingerprint density at radius 1 is 1.28 bits per heavy atom. The lowest BCUT2D eigenvalue weighted by Crippen LogP contribution is -2.27. The molecule has 1 aliphatic carbocycles. The molecule has 1 saturated carbocycles. The van der Waals surface area contributed by atoms with Crippen LogP contribution in [0.4, 0.5) is 0 Å². The first kappa shape index (κ1) is 19.0. The molecule has 136 valence electrons. The van der Waals surface area contributed by atoms with E-state index in [0.29, 0.717) is 23.8 Å². The van der Waals surface area contributed by atoms with Crippen LogP contribution in [0.2, 0.25) is 0 Å². The second-order valence-electron chi connectivity index (χ2n) is 6.36. The fourth-order valence-corrected chi connectivity index (χ4v) is 2.65. The molecule has 1 amide bonds. The number of nitrogens with one attached hydrogen (secondary N) is 1. The lowest BCUT2D eigenvalue weighted by atomic mass is 9.89. The highest BCUT2D eigenvalue weighted by atomic mass is 16.5. The summed E-state index contributed by atoms with van der Waals surface area (Å²) in [5.74, 6) is 0.491. The second-order valence-corrected chi connectivity index (χ2v) is 6.36. The summed E-state index contributed by atoms with van der Waals surface area (Å²) in [6, 6.07) is 6.53. The smallest absolute Gasteiger partial charge is 0.338 e. The maximum Gasteiger partial charge on any atom is 0.338 e. The van der Waals surface area contributed by atoms with Gasteiger partial charge in [-0.2, -0.15) is 5.10 Å². The van der Waals surface area contributed by atoms with Crippen LogP contribution in [-0.2, 0) is 9.53 Å². The zero-order chi connectivity index (χ0) is 18.1. The Balaban J connectivity index is 1.76. The van der Waals surface area contributed by atoms with E-state index in [-0.39, 0.29) is 18.5 Å². The van der Waals surface area contributed by atoms with Crippen molar-refractivity contribution in [2.75, 3.05) is 13.2 Å². The van der Waals surface area contributed by atoms with E-state index < -0.39 is 0 Å². The molecule has 6 nitrogen and oxygen atoms in total. The molecule has 1 aromatic rings. The number of esters is 1. The molecule has 0 aliphatic heterocycles. The molecule has 1 aliphatic rings. The van der Waals surface area contributed by atoms with Crippen LogP contribution >= 0.6 is 0 Å². The summed E-state index contributed by atoms with van der Waals surface area (Å²) < 4.78 is 10.5. The summed E-state index contributed by atoms with van der Waals surface area (Å²) >= 11 is 0. The first-order valence-electron chi connectivity index (χ1n) is 8.82. The monoisotopic (exact) mass is 346 g/mol. The predicted molar refractivity (Wildman–Crippen MR) is 95.7 cm³/mol. The highest BCUT2D eigenvalue weighted by Crippen LogP contribution is 2.20. The van der Waals surface area contributed by atoms with Crippen molar-refractivity contribution < 1.29 is 19.1 Å². The number of rotatable bonds is 7. The summed E-state index contributed by atoms with van der Waals surface area (Å²) in [4.78, 5) is 23.5. The molecule has 0 heterocycles. The first-order chi connectivity index (χ1) is 12.1. The standard InChI is InChI=1S/C19H26N2O4/c1-3-11-24-19(23)15-7-9-17(10-8-15)25-13-18(22)21-20-16-6-4-5-14(2)12-16/h7-10,14H,3-6,11-13H2,1-2H3,(H,21,22). The fourth-order valence-electron chi connectivity index (χ4n) is 2.65. The fraction of sp³-hybridized carbons (Fsp3) is 0.526. The van der Waals surface area contributed by atoms with Gasteiger partial charge >= 0.3 is 5.97 Å². The lowest BCUT2D eigenvalue weighted by Gasteiger charge is -2.18. The maximum absolute atomic E-state index is 11.8. The largest absolute Gasteiger partial charge is 0.484 e. The zero-order valence-corrected chi connectivity index (χ0v) is 14.9. The summed E-state index contributed by atoms with van der Waals surface area (Å²) in [5, 5.41) is 4.19. The van der Waals surface area contributed by atoms with Crippen molar-refractivity contribution in [2.45, 2.75) is 46.0 Å². The quantitative estimate of drug-likeness (QED) is 0.607. The molecule has 1 unspecified atom stereocenters. The lowest BCUT2D eigenvalue weighted by molar-refractivity contribution is -0.123. The molecular formula is C19H26N2O4. The first-order valence-corrected chi connectivity index (χ1v) is 8.82. The summed E-state index contributed by atoms with van der Waals surface area (Å²) in [6.45, 7) is 4.42. The Bertz CT molecular complexity index is 610. The Labute approximate surface area is 148 Å². The number of carbonyl (C=O) groups is 2. The van der Waals surface area contributed by atoms with Gasteiger partial charge in [0.25, 0.3) is 5.91 Å². The molecule has 1 fully saturated rings. The van der Waals surface area contributed by atoms with Crippen LogP contribution in [0.25, 0.3) is 0 Å². The van der Waals surface area contributed by atoms with Crippen LogP contribution in [0.1, 0.15) is 56.3 Å². The minimum absolute atomic E-state index is 0.119. The molecule has 1 aromatic carbocycles. The zero-order valence-electron chi connectivity index (χ0n) is 14.9. The molecule has 25 heavy (non-hydrogen) atoms. The number of hydrazone groups is 1. The molecule has 0 aromatic heterocycles. The molecule has 1 atom stereocenters. The Morgan fingerprint density at radius 2 is 2.04 bits per heavy atom. The summed E-state index contributed by atoms with van der Waals surface area (Å²) in [5.41, 5.74) is 4.05. The van der Waals surface area contributed by atoms with Gasteiger partial charge in [0.1, 0.15) is 5.75 Å². The van der Waals surface area contributed by atoms with Crippen LogP contribution in [0, 0.1) is 5.92 Å². The Morgan fingerprint density at radius 3 is 2.72 bits per heavy atom. The van der Waals surface area contributed by atoms with Crippen molar-refractivity contribution in [2.24, 2.45) is 11.0 Å². The molecule has 0 spiro atoms. The molecule has 1 N–H and O–H groups in total. The normalized spacial score (nSPS) is 18.6. The number of nitrogens with zero attached hydrogens (tertiary/aromatic N) is 1. The van der Waals surface area contributed by atoms with Gasteiger partial charge in [0.15, 0.2) is 6.61 Å². The van der Waals surface area contributed by atoms with Crippen molar-refractivity contribution in [3.05, 3.63) is 29.8 Å². The van der Waals surface area contributed by atoms with Gasteiger partial charge in [-0.05, 0) is 62.3 Å². The van der Waals surface area contributed by atoms with Gasteiger partial charge in [-0.1, -0.05) is 13.8 Å². The van der Waals surface area contributed by atoms with E-state index in [0.717, 1.165) is 31.4 Å². The molecule has 0 bridgehead atoms. The molecule has 2 rings (SSSR count). The third kappa shape index (κ3) is 6.57. The topological polar surface area (TPSA) is 77.0 Å². The SMILES string of the molecule is CCCOC(=O)c1ccc(OCC(=O)NN=C2CCCC(C)C2)cc1. The third-order valence-electron chi connectivity index (χ3n) is 3.98. The molecule has 0 radical (unpaired) electrons. The van der Waals surface area contributed by atoms with E-state index in [9.17, 15) is 9.59 Å². The second kappa shape index (κ2) is 9.81. The Hall–Kier alpha value is -2.37. The molecule has 0 saturated heterocycles. The Kier molecular flexibility index (Phi) is 7.44. The number of amides is 1. The van der Waals surface area contributed by atoms with Crippen molar-refractivity contribution in [3.63, 3.8) is 0 Å². The minimum Gasteiger partial charge on any atom is -0.484 e. The van der Waals surface area contributed by atoms with Crippen molar-refractivity contribution in [1.29, 1.82) is 0 Å². The van der Waals surface area contributed by atoms with Gasteiger partial charge < -0.3 is 9.47 Å². The number of hydrogen-bond donors (Lipinski definition) is 1. The minimum atomic E-state index is -0.358. The van der Waals surface area contributed by atoms with Crippen molar-refractivity contribution in [1.82, 2.24) is 5.43 Å². The van der Waals surface area contributed by atoms with E-state index in [2.05, 4.69) is 17.5 Å². The van der Waals surface area contributed by atoms with E-state index in [1.807, 2.05) is 6.92 Å². The highest BCUT2D eigenvalue weighted by Gasteiger charge is 2.14. The van der Waals surface area contributed by atoms with E-state index >= 15 is 0 Å². The average Bonchev–Trinajstić information content (AvgIpc) is 2.63. The van der Waals surface area contributed by atoms with Gasteiger partial charge in [-0.25, -0.2) is 10.2 Å². The summed E-state index contributed by atoms with van der Waals surface area (Å²) in [6.07, 6.45) is 5.01. The molecular weight excluding hydrogens is 320 g/mol. The van der Waals surface area contributed by atoms with Crippen LogP contribution < -0.4 is 10.2 Å². The highest BCUT2D eigenvalue weighted by molar-refractivity contribution is 5.89. The molecule has 6 heteroatoms. The van der Waals surface area contributed by atoms with Crippen LogP contribution in [0.5, 0.6) is 5.75 Å². The predicted octanol–water partition coefficient (Wildman–Crippen LogP) is 3.31. The van der Waals surface area contributed by atoms with Gasteiger partial charge in [0.05, 0.1) is 12.2 Å². The van der Waals surface area contributed by atoms with E-state index in [1.165, 1.54) is 6.42 Å². The van der Waals surface area contributed by atoms with Gasteiger partial charge in [-0.15, -0.1) is 0 Å². The average molecular weight is 346 g/mol. The van der Waals surface area contributed by atoms with Gasteiger partial charge in [-0.3, -0.25) is 4.79 Å². The van der Waals surface area contributed by atoms with Crippen LogP contribution in [-0.4, -0.2) is 30.8 Å². The third-order valence-corrected chi connectivity index (χ3v) is 3.98. The number of hydrogen-bond acceptors (Lipinski definition) is 5. The van der Waals surface area contributed by atoms with E-state index in [4.69, 9.17) is 9.47 Å². The van der Waals surface area contributed by atoms with Crippen LogP contribution in [0.3, 0.4) is 0 Å². The van der Waals surface area contributed by atoms with E-state index in [1.54, 1.807) is 24.3 Å². The number of benzene rings is 1.